The number of ether oxygens (including phenoxy) is 2. The van der Waals surface area contributed by atoms with E-state index >= 15 is 0 Å². The van der Waals surface area contributed by atoms with E-state index in [1.54, 1.807) is 43.3 Å². The summed E-state index contributed by atoms with van der Waals surface area (Å²) < 4.78 is 10.8. The third kappa shape index (κ3) is 5.69. The molecule has 0 saturated carbocycles. The molecule has 6 nitrogen and oxygen atoms in total. The first-order valence-electron chi connectivity index (χ1n) is 7.70. The van der Waals surface area contributed by atoms with Gasteiger partial charge in [0.2, 0.25) is 0 Å². The molecule has 0 bridgehead atoms. The molecule has 1 amide bonds. The number of nitrogens with zero attached hydrogens (tertiary/aromatic N) is 1. The number of hydrogen-bond donors (Lipinski definition) is 2. The maximum atomic E-state index is 12.0. The number of phenols is 1. The zero-order chi connectivity index (χ0) is 18.2. The molecule has 0 aliphatic carbocycles. The smallest absolute Gasteiger partial charge is 0.280 e. The predicted molar refractivity (Wildman–Crippen MR) is 96.6 cm³/mol. The van der Waals surface area contributed by atoms with Crippen molar-refractivity contribution in [3.05, 3.63) is 53.1 Å². The molecule has 2 aromatic carbocycles. The molecule has 0 heterocycles. The van der Waals surface area contributed by atoms with E-state index in [0.717, 1.165) is 0 Å². The van der Waals surface area contributed by atoms with Crippen molar-refractivity contribution in [2.75, 3.05) is 6.61 Å². The number of hydrogen-bond acceptors (Lipinski definition) is 5. The second kappa shape index (κ2) is 8.94. The molecule has 7 heteroatoms. The van der Waals surface area contributed by atoms with Crippen molar-refractivity contribution in [3.63, 3.8) is 0 Å². The summed E-state index contributed by atoms with van der Waals surface area (Å²) in [6, 6.07) is 11.6. The number of phenolic OH excluding ortho intramolecular Hbond substituents is 1. The van der Waals surface area contributed by atoms with Gasteiger partial charge in [-0.2, -0.15) is 5.10 Å². The van der Waals surface area contributed by atoms with E-state index in [2.05, 4.69) is 10.5 Å². The van der Waals surface area contributed by atoms with Gasteiger partial charge < -0.3 is 14.6 Å². The molecule has 25 heavy (non-hydrogen) atoms. The summed E-state index contributed by atoms with van der Waals surface area (Å²) in [6.07, 6.45) is 0.709. The number of aromatic hydroxyl groups is 1. The van der Waals surface area contributed by atoms with Crippen LogP contribution in [0.2, 0.25) is 5.02 Å². The van der Waals surface area contributed by atoms with Crippen molar-refractivity contribution in [2.45, 2.75) is 20.0 Å². The Bertz CT molecular complexity index is 764. The van der Waals surface area contributed by atoms with Crippen LogP contribution in [-0.4, -0.2) is 29.9 Å². The van der Waals surface area contributed by atoms with Gasteiger partial charge in [0.15, 0.2) is 17.6 Å². The van der Waals surface area contributed by atoms with Crippen molar-refractivity contribution in [1.29, 1.82) is 0 Å². The second-order valence-electron chi connectivity index (χ2n) is 5.11. The van der Waals surface area contributed by atoms with Gasteiger partial charge in [0.1, 0.15) is 5.75 Å². The Balaban J connectivity index is 1.92. The van der Waals surface area contributed by atoms with E-state index in [1.165, 1.54) is 12.3 Å². The Morgan fingerprint density at radius 1 is 1.36 bits per heavy atom. The number of amides is 1. The molecule has 2 aromatic rings. The molecule has 0 aliphatic heterocycles. The molecule has 0 aromatic heterocycles. The quantitative estimate of drug-likeness (QED) is 0.584. The minimum Gasteiger partial charge on any atom is -0.504 e. The number of rotatable bonds is 7. The summed E-state index contributed by atoms with van der Waals surface area (Å²) in [5.74, 6) is 0.501. The van der Waals surface area contributed by atoms with Crippen LogP contribution in [-0.2, 0) is 4.79 Å². The van der Waals surface area contributed by atoms with Crippen LogP contribution in [0, 0.1) is 0 Å². The molecule has 0 unspecified atom stereocenters. The lowest BCUT2D eigenvalue weighted by atomic mass is 10.2. The van der Waals surface area contributed by atoms with Crippen LogP contribution in [0.5, 0.6) is 17.2 Å². The molecule has 1 atom stereocenters. The largest absolute Gasteiger partial charge is 0.504 e. The first kappa shape index (κ1) is 18.6. The molecular formula is C18H19ClN2O4. The van der Waals surface area contributed by atoms with Crippen LogP contribution in [0.25, 0.3) is 0 Å². The highest BCUT2D eigenvalue weighted by atomic mass is 35.5. The van der Waals surface area contributed by atoms with Crippen LogP contribution in [0.15, 0.2) is 47.6 Å². The first-order valence-corrected chi connectivity index (χ1v) is 8.08. The van der Waals surface area contributed by atoms with E-state index < -0.39 is 12.0 Å². The van der Waals surface area contributed by atoms with E-state index in [0.29, 0.717) is 28.7 Å². The lowest BCUT2D eigenvalue weighted by Crippen LogP contribution is -2.33. The average Bonchev–Trinajstić information content (AvgIpc) is 2.58. The van der Waals surface area contributed by atoms with Gasteiger partial charge in [0.25, 0.3) is 5.91 Å². The van der Waals surface area contributed by atoms with Crippen molar-refractivity contribution in [3.8, 4) is 17.2 Å². The summed E-state index contributed by atoms with van der Waals surface area (Å²) in [7, 11) is 0. The molecule has 132 valence electrons. The van der Waals surface area contributed by atoms with Gasteiger partial charge in [0.05, 0.1) is 12.8 Å². The minimum atomic E-state index is -0.741. The predicted octanol–water partition coefficient (Wildman–Crippen LogP) is 3.36. The number of hydrazone groups is 1. The SMILES string of the molecule is CCOc1cc(/C=N\NC(=O)[C@H](C)Oc2cccc(Cl)c2)ccc1O. The first-order chi connectivity index (χ1) is 12.0. The van der Waals surface area contributed by atoms with Crippen molar-refractivity contribution >= 4 is 23.7 Å². The minimum absolute atomic E-state index is 0.0478. The summed E-state index contributed by atoms with van der Waals surface area (Å²) in [5.41, 5.74) is 3.07. The monoisotopic (exact) mass is 362 g/mol. The highest BCUT2D eigenvalue weighted by molar-refractivity contribution is 6.30. The molecule has 2 rings (SSSR count). The summed E-state index contributed by atoms with van der Waals surface area (Å²) in [4.78, 5) is 12.0. The zero-order valence-corrected chi connectivity index (χ0v) is 14.7. The molecular weight excluding hydrogens is 344 g/mol. The lowest BCUT2D eigenvalue weighted by molar-refractivity contribution is -0.127. The fourth-order valence-corrected chi connectivity index (χ4v) is 2.12. The molecule has 0 spiro atoms. The highest BCUT2D eigenvalue weighted by Gasteiger charge is 2.14. The Morgan fingerprint density at radius 3 is 2.88 bits per heavy atom. The Morgan fingerprint density at radius 2 is 2.16 bits per heavy atom. The van der Waals surface area contributed by atoms with Crippen LogP contribution in [0.4, 0.5) is 0 Å². The fraction of sp³-hybridized carbons (Fsp3) is 0.222. The number of carbonyl (C=O) groups excluding carboxylic acids is 1. The van der Waals surface area contributed by atoms with Crippen LogP contribution >= 0.6 is 11.6 Å². The standard InChI is InChI=1S/C18H19ClN2O4/c1-3-24-17-9-13(7-8-16(17)22)11-20-21-18(23)12(2)25-15-6-4-5-14(19)10-15/h4-12,22H,3H2,1-2H3,(H,21,23)/b20-11-/t12-/m0/s1. The van der Waals surface area contributed by atoms with E-state index in [1.807, 2.05) is 6.92 Å². The Kier molecular flexibility index (Phi) is 6.65. The molecule has 0 fully saturated rings. The summed E-state index contributed by atoms with van der Waals surface area (Å²) >= 11 is 5.87. The molecule has 0 saturated heterocycles. The highest BCUT2D eigenvalue weighted by Crippen LogP contribution is 2.26. The van der Waals surface area contributed by atoms with Crippen molar-refractivity contribution in [2.24, 2.45) is 5.10 Å². The number of halogens is 1. The number of benzene rings is 2. The third-order valence-electron chi connectivity index (χ3n) is 3.15. The molecule has 0 radical (unpaired) electrons. The summed E-state index contributed by atoms with van der Waals surface area (Å²) in [6.45, 7) is 3.87. The average molecular weight is 363 g/mol. The van der Waals surface area contributed by atoms with Gasteiger partial charge >= 0.3 is 0 Å². The maximum Gasteiger partial charge on any atom is 0.280 e. The topological polar surface area (TPSA) is 80.2 Å². The van der Waals surface area contributed by atoms with Crippen LogP contribution in [0.3, 0.4) is 0 Å². The van der Waals surface area contributed by atoms with E-state index in [9.17, 15) is 9.90 Å². The number of nitrogens with one attached hydrogen (secondary N) is 1. The maximum absolute atomic E-state index is 12.0. The van der Waals surface area contributed by atoms with Crippen LogP contribution in [0.1, 0.15) is 19.4 Å². The van der Waals surface area contributed by atoms with Crippen molar-refractivity contribution < 1.29 is 19.4 Å². The summed E-state index contributed by atoms with van der Waals surface area (Å²) in [5, 5.41) is 14.1. The fourth-order valence-electron chi connectivity index (χ4n) is 1.94. The normalized spacial score (nSPS) is 12.0. The van der Waals surface area contributed by atoms with Crippen LogP contribution < -0.4 is 14.9 Å². The number of carbonyl (C=O) groups is 1. The zero-order valence-electron chi connectivity index (χ0n) is 13.9. The van der Waals surface area contributed by atoms with Gasteiger partial charge in [0, 0.05) is 5.02 Å². The third-order valence-corrected chi connectivity index (χ3v) is 3.39. The van der Waals surface area contributed by atoms with Gasteiger partial charge in [-0.1, -0.05) is 17.7 Å². The van der Waals surface area contributed by atoms with E-state index in [-0.39, 0.29) is 5.75 Å². The van der Waals surface area contributed by atoms with Gasteiger partial charge in [-0.15, -0.1) is 0 Å². The van der Waals surface area contributed by atoms with E-state index in [4.69, 9.17) is 21.1 Å². The Labute approximate surface area is 151 Å². The van der Waals surface area contributed by atoms with Gasteiger partial charge in [-0.25, -0.2) is 5.43 Å². The van der Waals surface area contributed by atoms with Crippen molar-refractivity contribution in [1.82, 2.24) is 5.43 Å². The lowest BCUT2D eigenvalue weighted by Gasteiger charge is -2.13. The van der Waals surface area contributed by atoms with Gasteiger partial charge in [-0.05, 0) is 55.8 Å². The second-order valence-corrected chi connectivity index (χ2v) is 5.55. The molecule has 2 N–H and O–H groups in total. The molecule has 0 aliphatic rings. The van der Waals surface area contributed by atoms with Gasteiger partial charge in [-0.3, -0.25) is 4.79 Å². The Hall–Kier alpha value is -2.73.